The Morgan fingerprint density at radius 2 is 1.94 bits per heavy atom. The van der Waals surface area contributed by atoms with Gasteiger partial charge in [0, 0.05) is 31.1 Å². The third-order valence-electron chi connectivity index (χ3n) is 5.76. The van der Waals surface area contributed by atoms with Gasteiger partial charge in [0.25, 0.3) is 5.91 Å². The molecule has 168 valence electrons. The maximum absolute atomic E-state index is 13.4. The molecule has 2 aromatic carbocycles. The van der Waals surface area contributed by atoms with Crippen molar-refractivity contribution in [1.29, 1.82) is 0 Å². The molecule has 5 rings (SSSR count). The number of hydrogen-bond acceptors (Lipinski definition) is 5. The van der Waals surface area contributed by atoms with Crippen molar-refractivity contribution in [3.8, 4) is 11.3 Å². The van der Waals surface area contributed by atoms with E-state index >= 15 is 0 Å². The smallest absolute Gasteiger partial charge is 0.292 e. The van der Waals surface area contributed by atoms with Crippen LogP contribution in [-0.2, 0) is 6.42 Å². The van der Waals surface area contributed by atoms with Gasteiger partial charge in [0.2, 0.25) is 5.76 Å². The van der Waals surface area contributed by atoms with E-state index in [-0.39, 0.29) is 29.2 Å². The summed E-state index contributed by atoms with van der Waals surface area (Å²) in [6, 6.07) is 13.8. The van der Waals surface area contributed by atoms with Gasteiger partial charge in [-0.15, -0.1) is 0 Å². The molecule has 4 aromatic rings. The molecule has 1 aliphatic heterocycles. The van der Waals surface area contributed by atoms with Crippen molar-refractivity contribution in [3.63, 3.8) is 0 Å². The highest BCUT2D eigenvalue weighted by atomic mass is 19.1. The van der Waals surface area contributed by atoms with Crippen molar-refractivity contribution in [2.45, 2.75) is 25.2 Å². The summed E-state index contributed by atoms with van der Waals surface area (Å²) >= 11 is 0. The molecule has 1 aliphatic rings. The molecule has 0 aliphatic carbocycles. The predicted molar refractivity (Wildman–Crippen MR) is 115 cm³/mol. The number of rotatable bonds is 5. The van der Waals surface area contributed by atoms with E-state index in [0.717, 1.165) is 18.4 Å². The van der Waals surface area contributed by atoms with E-state index in [4.69, 9.17) is 8.94 Å². The van der Waals surface area contributed by atoms with E-state index in [0.29, 0.717) is 42.4 Å². The van der Waals surface area contributed by atoms with Crippen LogP contribution >= 0.6 is 0 Å². The fourth-order valence-corrected chi connectivity index (χ4v) is 4.09. The second-order valence-corrected chi connectivity index (χ2v) is 8.15. The van der Waals surface area contributed by atoms with Crippen LogP contribution < -0.4 is 0 Å². The number of benzene rings is 2. The molecule has 0 radical (unpaired) electrons. The first-order valence-electron chi connectivity index (χ1n) is 10.8. The van der Waals surface area contributed by atoms with Gasteiger partial charge < -0.3 is 13.8 Å². The molecule has 1 unspecified atom stereocenters. The van der Waals surface area contributed by atoms with Gasteiger partial charge in [-0.25, -0.2) is 13.8 Å². The van der Waals surface area contributed by atoms with Crippen LogP contribution in [0.5, 0.6) is 0 Å². The quantitative estimate of drug-likeness (QED) is 0.418. The topological polar surface area (TPSA) is 72.4 Å². The molecule has 1 fully saturated rings. The highest BCUT2D eigenvalue weighted by Gasteiger charge is 2.30. The van der Waals surface area contributed by atoms with Crippen LogP contribution in [0, 0.1) is 11.6 Å². The Morgan fingerprint density at radius 3 is 2.76 bits per heavy atom. The van der Waals surface area contributed by atoms with Gasteiger partial charge in [-0.05, 0) is 54.8 Å². The van der Waals surface area contributed by atoms with Crippen LogP contribution in [0.2, 0.25) is 0 Å². The van der Waals surface area contributed by atoms with E-state index < -0.39 is 0 Å². The monoisotopic (exact) mass is 449 g/mol. The number of aromatic nitrogens is 2. The third kappa shape index (κ3) is 4.69. The maximum atomic E-state index is 13.4. The van der Waals surface area contributed by atoms with E-state index in [2.05, 4.69) is 10.1 Å². The van der Waals surface area contributed by atoms with Crippen LogP contribution in [0.4, 0.5) is 8.78 Å². The summed E-state index contributed by atoms with van der Waals surface area (Å²) in [6.45, 7) is 1.05. The Bertz CT molecular complexity index is 1270. The van der Waals surface area contributed by atoms with Gasteiger partial charge in [0.15, 0.2) is 5.89 Å². The highest BCUT2D eigenvalue weighted by molar-refractivity contribution is 5.92. The number of amides is 1. The summed E-state index contributed by atoms with van der Waals surface area (Å²) in [5, 5.41) is 3.96. The Morgan fingerprint density at radius 1 is 1.09 bits per heavy atom. The largest absolute Gasteiger partial charge is 0.445 e. The van der Waals surface area contributed by atoms with E-state index in [1.807, 2.05) is 6.07 Å². The summed E-state index contributed by atoms with van der Waals surface area (Å²) < 4.78 is 37.8. The summed E-state index contributed by atoms with van der Waals surface area (Å²) in [4.78, 5) is 19.1. The Kier molecular flexibility index (Phi) is 5.73. The molecule has 1 atom stereocenters. The van der Waals surface area contributed by atoms with Crippen molar-refractivity contribution in [3.05, 3.63) is 95.4 Å². The fraction of sp³-hybridized carbons (Fsp3) is 0.240. The molecule has 0 saturated carbocycles. The standard InChI is InChI=1S/C25H21F2N3O3/c26-19-8-6-17(7-9-19)22-13-23(33-29-22)25(31)30-10-2-4-18(15-30)24-28-14-21(32-24)12-16-3-1-5-20(27)11-16/h1,3,5-9,11,13-14,18H,2,4,10,12,15H2. The van der Waals surface area contributed by atoms with Gasteiger partial charge in [0.1, 0.15) is 23.1 Å². The van der Waals surface area contributed by atoms with Crippen molar-refractivity contribution in [1.82, 2.24) is 15.0 Å². The number of carbonyl (C=O) groups excluding carboxylic acids is 1. The first-order chi connectivity index (χ1) is 16.0. The van der Waals surface area contributed by atoms with E-state index in [1.165, 1.54) is 24.3 Å². The van der Waals surface area contributed by atoms with Gasteiger partial charge in [-0.3, -0.25) is 4.79 Å². The summed E-state index contributed by atoms with van der Waals surface area (Å²) in [7, 11) is 0. The fourth-order valence-electron chi connectivity index (χ4n) is 4.09. The molecule has 1 saturated heterocycles. The number of hydrogen-bond donors (Lipinski definition) is 0. The van der Waals surface area contributed by atoms with Crippen LogP contribution in [0.1, 0.15) is 46.5 Å². The predicted octanol–water partition coefficient (Wildman–Crippen LogP) is 5.22. The zero-order chi connectivity index (χ0) is 22.8. The molecular formula is C25H21F2N3O3. The number of likely N-dealkylation sites (tertiary alicyclic amines) is 1. The lowest BCUT2D eigenvalue weighted by Crippen LogP contribution is -2.39. The Hall–Kier alpha value is -3.81. The molecule has 3 heterocycles. The van der Waals surface area contributed by atoms with Gasteiger partial charge >= 0.3 is 0 Å². The molecule has 0 bridgehead atoms. The second kappa shape index (κ2) is 8.97. The average Bonchev–Trinajstić information content (AvgIpc) is 3.50. The average molecular weight is 449 g/mol. The minimum atomic E-state index is -0.344. The lowest BCUT2D eigenvalue weighted by atomic mass is 9.98. The molecule has 33 heavy (non-hydrogen) atoms. The minimum Gasteiger partial charge on any atom is -0.445 e. The minimum absolute atomic E-state index is 0.0385. The highest BCUT2D eigenvalue weighted by Crippen LogP contribution is 2.29. The molecule has 6 nitrogen and oxygen atoms in total. The van der Waals surface area contributed by atoms with Crippen molar-refractivity contribution < 1.29 is 22.5 Å². The van der Waals surface area contributed by atoms with Gasteiger partial charge in [-0.2, -0.15) is 0 Å². The van der Waals surface area contributed by atoms with Crippen LogP contribution in [0.25, 0.3) is 11.3 Å². The zero-order valence-electron chi connectivity index (χ0n) is 17.7. The molecule has 2 aromatic heterocycles. The number of carbonyl (C=O) groups is 1. The normalized spacial score (nSPS) is 16.2. The maximum Gasteiger partial charge on any atom is 0.292 e. The molecular weight excluding hydrogens is 428 g/mol. The van der Waals surface area contributed by atoms with Gasteiger partial charge in [0.05, 0.1) is 12.1 Å². The second-order valence-electron chi connectivity index (χ2n) is 8.15. The third-order valence-corrected chi connectivity index (χ3v) is 5.76. The van der Waals surface area contributed by atoms with Gasteiger partial charge in [-0.1, -0.05) is 17.3 Å². The van der Waals surface area contributed by atoms with Crippen molar-refractivity contribution in [2.75, 3.05) is 13.1 Å². The lowest BCUT2D eigenvalue weighted by Gasteiger charge is -2.30. The number of halogens is 2. The first kappa shape index (κ1) is 21.1. The summed E-state index contributed by atoms with van der Waals surface area (Å²) in [5.41, 5.74) is 1.95. The van der Waals surface area contributed by atoms with Crippen molar-refractivity contribution in [2.24, 2.45) is 0 Å². The lowest BCUT2D eigenvalue weighted by molar-refractivity contribution is 0.0656. The molecule has 0 N–H and O–H groups in total. The number of piperidine rings is 1. The first-order valence-corrected chi connectivity index (χ1v) is 10.8. The molecule has 8 heteroatoms. The van der Waals surface area contributed by atoms with E-state index in [1.54, 1.807) is 35.4 Å². The molecule has 0 spiro atoms. The summed E-state index contributed by atoms with van der Waals surface area (Å²) in [5.74, 6) is 0.429. The SMILES string of the molecule is O=C(c1cc(-c2ccc(F)cc2)no1)N1CCCC(c2ncc(Cc3cccc(F)c3)o2)C1. The Balaban J connectivity index is 1.26. The number of oxazole rings is 1. The van der Waals surface area contributed by atoms with Crippen LogP contribution in [0.3, 0.4) is 0 Å². The van der Waals surface area contributed by atoms with Crippen LogP contribution in [0.15, 0.2) is 69.7 Å². The molecule has 1 amide bonds. The van der Waals surface area contributed by atoms with Crippen LogP contribution in [-0.4, -0.2) is 34.0 Å². The number of nitrogens with zero attached hydrogens (tertiary/aromatic N) is 3. The Labute approximate surface area is 188 Å². The van der Waals surface area contributed by atoms with E-state index in [9.17, 15) is 13.6 Å². The zero-order valence-corrected chi connectivity index (χ0v) is 17.7. The summed E-state index contributed by atoms with van der Waals surface area (Å²) in [6.07, 6.45) is 3.76. The van der Waals surface area contributed by atoms with Crippen molar-refractivity contribution >= 4 is 5.91 Å².